The zero-order valence-electron chi connectivity index (χ0n) is 17.7. The summed E-state index contributed by atoms with van der Waals surface area (Å²) in [5.74, 6) is 0.629. The molecule has 178 valence electrons. The minimum atomic E-state index is -4.49. The highest BCUT2D eigenvalue weighted by Gasteiger charge is 2.31. The van der Waals surface area contributed by atoms with Crippen molar-refractivity contribution in [2.75, 3.05) is 5.32 Å². The molecule has 35 heavy (non-hydrogen) atoms. The van der Waals surface area contributed by atoms with Gasteiger partial charge in [-0.05, 0) is 47.7 Å². The standard InChI is InChI=1S/C24H16F3N3O4S/c25-24(26,27)13-5-3-4-12(10-13)18-8-9-19(34-18)16-11-17(20-21(31)30-23(33)35-22(20)32)29-15-7-2-1-6-14(15)28-16/h1-10,16,28,32H,11H2,(H,30,31,33)/t16-/m0/s1. The van der Waals surface area contributed by atoms with Crippen LogP contribution < -0.4 is 15.7 Å². The maximum absolute atomic E-state index is 13.1. The molecule has 0 saturated heterocycles. The van der Waals surface area contributed by atoms with Crippen molar-refractivity contribution in [3.63, 3.8) is 0 Å². The largest absolute Gasteiger partial charge is 0.499 e. The molecule has 0 fully saturated rings. The lowest BCUT2D eigenvalue weighted by Crippen LogP contribution is -2.25. The Hall–Kier alpha value is -4.12. The van der Waals surface area contributed by atoms with Crippen LogP contribution in [-0.4, -0.2) is 15.8 Å². The molecule has 0 unspecified atom stereocenters. The van der Waals surface area contributed by atoms with Gasteiger partial charge in [-0.1, -0.05) is 24.3 Å². The van der Waals surface area contributed by atoms with Crippen LogP contribution in [0, 0.1) is 0 Å². The van der Waals surface area contributed by atoms with Crippen molar-refractivity contribution in [2.45, 2.75) is 18.6 Å². The Balaban J connectivity index is 1.56. The van der Waals surface area contributed by atoms with E-state index in [9.17, 15) is 27.9 Å². The lowest BCUT2D eigenvalue weighted by Gasteiger charge is -2.16. The maximum atomic E-state index is 13.1. The summed E-state index contributed by atoms with van der Waals surface area (Å²) in [5, 5.41) is 13.2. The summed E-state index contributed by atoms with van der Waals surface area (Å²) in [6, 6.07) is 14.5. The predicted octanol–water partition coefficient (Wildman–Crippen LogP) is 5.46. The van der Waals surface area contributed by atoms with Gasteiger partial charge in [0.15, 0.2) is 5.06 Å². The summed E-state index contributed by atoms with van der Waals surface area (Å²) in [6.07, 6.45) is -4.40. The molecule has 0 radical (unpaired) electrons. The first-order chi connectivity index (χ1) is 16.7. The van der Waals surface area contributed by atoms with Crippen molar-refractivity contribution in [2.24, 2.45) is 4.99 Å². The number of nitrogens with zero attached hydrogens (tertiary/aromatic N) is 1. The molecule has 4 aromatic rings. The number of hydrogen-bond acceptors (Lipinski definition) is 7. The molecule has 0 saturated carbocycles. The normalized spacial score (nSPS) is 15.6. The fourth-order valence-electron chi connectivity index (χ4n) is 3.86. The summed E-state index contributed by atoms with van der Waals surface area (Å²) < 4.78 is 45.3. The van der Waals surface area contributed by atoms with E-state index in [0.29, 0.717) is 28.5 Å². The second kappa shape index (κ2) is 8.58. The average molecular weight is 499 g/mol. The number of fused-ring (bicyclic) bond motifs is 1. The van der Waals surface area contributed by atoms with Gasteiger partial charge in [0.25, 0.3) is 5.56 Å². The number of para-hydroxylation sites is 2. The molecule has 1 aliphatic rings. The molecule has 5 rings (SSSR count). The van der Waals surface area contributed by atoms with E-state index in [0.717, 1.165) is 12.1 Å². The first kappa shape index (κ1) is 22.7. The number of nitrogens with one attached hydrogen (secondary N) is 2. The fraction of sp³-hybridized carbons (Fsp3) is 0.125. The first-order valence-electron chi connectivity index (χ1n) is 10.4. The van der Waals surface area contributed by atoms with Crippen molar-refractivity contribution in [3.8, 4) is 16.4 Å². The second-order valence-corrected chi connectivity index (χ2v) is 8.74. The second-order valence-electron chi connectivity index (χ2n) is 7.78. The quantitative estimate of drug-likeness (QED) is 0.347. The number of hydrogen-bond donors (Lipinski definition) is 3. The molecular formula is C24H16F3N3O4S. The van der Waals surface area contributed by atoms with E-state index in [1.54, 1.807) is 36.4 Å². The Labute approximate surface area is 199 Å². The zero-order valence-corrected chi connectivity index (χ0v) is 18.5. The van der Waals surface area contributed by atoms with E-state index < -0.39 is 33.3 Å². The van der Waals surface area contributed by atoms with Gasteiger partial charge >= 0.3 is 11.0 Å². The molecule has 0 amide bonds. The highest BCUT2D eigenvalue weighted by Crippen LogP contribution is 2.38. The predicted molar refractivity (Wildman–Crippen MR) is 126 cm³/mol. The number of alkyl halides is 3. The molecule has 1 aliphatic heterocycles. The van der Waals surface area contributed by atoms with Crippen molar-refractivity contribution in [3.05, 3.63) is 97.6 Å². The van der Waals surface area contributed by atoms with Crippen LogP contribution in [0.5, 0.6) is 5.06 Å². The maximum Gasteiger partial charge on any atom is 0.416 e. The third-order valence-electron chi connectivity index (χ3n) is 5.47. The number of furan rings is 1. The molecule has 0 aliphatic carbocycles. The summed E-state index contributed by atoms with van der Waals surface area (Å²) in [6.45, 7) is 0. The Bertz CT molecular complexity index is 1570. The topological polar surface area (TPSA) is 108 Å². The molecule has 0 spiro atoms. The number of H-pyrrole nitrogens is 1. The van der Waals surface area contributed by atoms with Gasteiger partial charge in [-0.25, -0.2) is 0 Å². The van der Waals surface area contributed by atoms with Crippen LogP contribution in [0.15, 0.2) is 79.7 Å². The minimum absolute atomic E-state index is 0.0891. The highest BCUT2D eigenvalue weighted by molar-refractivity contribution is 7.11. The number of aromatic hydroxyl groups is 1. The Kier molecular flexibility index (Phi) is 5.56. The van der Waals surface area contributed by atoms with Gasteiger partial charge in [-0.15, -0.1) is 0 Å². The third-order valence-corrected chi connectivity index (χ3v) is 6.15. The SMILES string of the molecule is O=c1[nH]c(=O)c(C2=Nc3ccccc3N[C@H](c3ccc(-c4cccc(C(F)(F)F)c4)o3)C2)c(O)s1. The highest BCUT2D eigenvalue weighted by atomic mass is 32.1. The van der Waals surface area contributed by atoms with Crippen LogP contribution in [0.3, 0.4) is 0 Å². The van der Waals surface area contributed by atoms with Crippen LogP contribution in [0.1, 0.15) is 29.3 Å². The number of halogens is 3. The summed E-state index contributed by atoms with van der Waals surface area (Å²) in [4.78, 5) is 30.1. The van der Waals surface area contributed by atoms with Crippen LogP contribution in [0.4, 0.5) is 24.5 Å². The molecule has 11 heteroatoms. The smallest absolute Gasteiger partial charge is 0.416 e. The van der Waals surface area contributed by atoms with E-state index in [1.165, 1.54) is 12.1 Å². The molecule has 3 N–H and O–H groups in total. The Morgan fingerprint density at radius 3 is 2.63 bits per heavy atom. The Morgan fingerprint density at radius 2 is 1.86 bits per heavy atom. The molecule has 7 nitrogen and oxygen atoms in total. The zero-order chi connectivity index (χ0) is 24.7. The number of aromatic amines is 1. The van der Waals surface area contributed by atoms with Crippen LogP contribution in [0.25, 0.3) is 11.3 Å². The van der Waals surface area contributed by atoms with Gasteiger partial charge in [0.1, 0.15) is 17.1 Å². The average Bonchev–Trinajstić information content (AvgIpc) is 3.21. The van der Waals surface area contributed by atoms with Gasteiger partial charge in [-0.2, -0.15) is 13.2 Å². The lowest BCUT2D eigenvalue weighted by atomic mass is 10.0. The van der Waals surface area contributed by atoms with Gasteiger partial charge in [-0.3, -0.25) is 19.6 Å². The monoisotopic (exact) mass is 499 g/mol. The van der Waals surface area contributed by atoms with Gasteiger partial charge in [0, 0.05) is 12.0 Å². The number of rotatable bonds is 3. The number of aliphatic imine (C=N–C) groups is 1. The molecular weight excluding hydrogens is 483 g/mol. The molecule has 0 bridgehead atoms. The van der Waals surface area contributed by atoms with Crippen LogP contribution in [0.2, 0.25) is 0 Å². The number of anilines is 1. The first-order valence-corrected chi connectivity index (χ1v) is 11.2. The van der Waals surface area contributed by atoms with E-state index in [4.69, 9.17) is 4.42 Å². The van der Waals surface area contributed by atoms with E-state index in [2.05, 4.69) is 15.3 Å². The van der Waals surface area contributed by atoms with E-state index in [1.807, 2.05) is 0 Å². The molecule has 2 aromatic carbocycles. The number of aromatic nitrogens is 1. The van der Waals surface area contributed by atoms with Crippen molar-refractivity contribution >= 4 is 28.4 Å². The molecule has 2 aromatic heterocycles. The summed E-state index contributed by atoms with van der Waals surface area (Å²) >= 11 is 0.484. The van der Waals surface area contributed by atoms with Crippen molar-refractivity contribution in [1.82, 2.24) is 4.98 Å². The van der Waals surface area contributed by atoms with Crippen LogP contribution in [-0.2, 0) is 6.18 Å². The molecule has 3 heterocycles. The van der Waals surface area contributed by atoms with Crippen molar-refractivity contribution < 1.29 is 22.7 Å². The number of benzene rings is 2. The fourth-order valence-corrected chi connectivity index (χ4v) is 4.49. The van der Waals surface area contributed by atoms with Crippen molar-refractivity contribution in [1.29, 1.82) is 0 Å². The lowest BCUT2D eigenvalue weighted by molar-refractivity contribution is -0.137. The van der Waals surface area contributed by atoms with Gasteiger partial charge < -0.3 is 14.8 Å². The van der Waals surface area contributed by atoms with E-state index >= 15 is 0 Å². The van der Waals surface area contributed by atoms with E-state index in [-0.39, 0.29) is 29.0 Å². The summed E-state index contributed by atoms with van der Waals surface area (Å²) in [5.41, 5.74) is -0.0683. The van der Waals surface area contributed by atoms with Gasteiger partial charge in [0.05, 0.1) is 28.7 Å². The third kappa shape index (κ3) is 4.50. The molecule has 1 atom stereocenters. The minimum Gasteiger partial charge on any atom is -0.499 e. The van der Waals surface area contributed by atoms with Crippen LogP contribution >= 0.6 is 11.3 Å². The summed E-state index contributed by atoms with van der Waals surface area (Å²) in [7, 11) is 0. The van der Waals surface area contributed by atoms with Gasteiger partial charge in [0.2, 0.25) is 0 Å². The Morgan fingerprint density at radius 1 is 1.06 bits per heavy atom.